The highest BCUT2D eigenvalue weighted by Gasteiger charge is 2.28. The molecule has 0 saturated carbocycles. The fourth-order valence-corrected chi connectivity index (χ4v) is 17.3. The fraction of sp³-hybridized carbons (Fsp3) is 0. The second-order valence-electron chi connectivity index (χ2n) is 25.4. The molecule has 0 aliphatic heterocycles. The summed E-state index contributed by atoms with van der Waals surface area (Å²) in [5.74, 6) is 0.650. The zero-order valence-corrected chi connectivity index (χ0v) is 57.5. The van der Waals surface area contributed by atoms with Gasteiger partial charge in [-0.05, 0) is 95.1 Å². The van der Waals surface area contributed by atoms with Crippen molar-refractivity contribution >= 4 is 86.5 Å². The van der Waals surface area contributed by atoms with E-state index in [1.807, 2.05) is 96.0 Å². The van der Waals surface area contributed by atoms with E-state index in [9.17, 15) is 0 Å². The van der Waals surface area contributed by atoms with Gasteiger partial charge in [0, 0.05) is 171 Å². The summed E-state index contributed by atoms with van der Waals surface area (Å²) in [6, 6.07) is 105. The van der Waals surface area contributed by atoms with Gasteiger partial charge >= 0.3 is 19.0 Å². The van der Waals surface area contributed by atoms with Gasteiger partial charge in [-0.3, -0.25) is 19.9 Å². The zero-order valence-electron chi connectivity index (χ0n) is 55.9. The minimum atomic E-state index is 0.650. The Hall–Kier alpha value is -13.6. The van der Waals surface area contributed by atoms with Crippen LogP contribution in [0.1, 0.15) is 0 Å². The molecule has 0 saturated heterocycles. The second-order valence-corrected chi connectivity index (χ2v) is 27.5. The van der Waals surface area contributed by atoms with E-state index in [0.29, 0.717) is 5.82 Å². The standard InChI is InChI=1S/C46H29N5S.C45H31N6S/c1-3-10-31(11-4-1)42-37-18-19-41-43(45(37)52-44(42)32-12-5-2-6-13-32)36-16-7-8-17-40(36)51(41)35-15-9-14-34(28-35)39-29-38(30-20-24-47-25-21-30)49-46(50-39)33-22-26-48-27-23-33;1-3-10-32(11-4-1)42-39-18-19-41-43(45(39)52-44(42)33-12-5-2-6-13-33)38-16-7-8-17-40(38)51(41)37-15-9-14-36(28-37)50-30-48(34-20-24-46-25-21-34)29-49(31-50)35-22-26-47-27-23-35/h1-29H;1-31H/q;+3. The summed E-state index contributed by atoms with van der Waals surface area (Å²) in [4.78, 5) is 29.6. The molecule has 0 aliphatic carbocycles. The van der Waals surface area contributed by atoms with Crippen LogP contribution < -0.4 is 13.7 Å². The molecule has 104 heavy (non-hydrogen) atoms. The van der Waals surface area contributed by atoms with Crippen LogP contribution in [0, 0.1) is 0 Å². The van der Waals surface area contributed by atoms with Crippen LogP contribution in [0.5, 0.6) is 0 Å². The van der Waals surface area contributed by atoms with Crippen molar-refractivity contribution in [3.63, 3.8) is 0 Å². The SMILES string of the molecule is c1ccc(-c2sc3c(ccc4c3c3ccccc3n4-c3cccc(-[n+]4c[n+](-c5ccncc5)c[n+](-c5ccncc5)c4)c3)c2-c2ccccc2)cc1.c1ccc(-c2sc3c(ccc4c3c3ccccc3n4-c3cccc(-c4cc(-c5ccncc5)nc(-c5ccncc5)n4)c3)c2-c2ccccc2)cc1. The third-order valence-corrected chi connectivity index (χ3v) is 21.8. The Labute approximate surface area is 606 Å². The number of pyridine rings is 4. The number of hydrogen-bond acceptors (Lipinski definition) is 8. The average Bonchev–Trinajstić information content (AvgIpc) is 1.56. The average molecular weight is 1370 g/mol. The van der Waals surface area contributed by atoms with Crippen LogP contribution in [0.4, 0.5) is 0 Å². The highest BCUT2D eigenvalue weighted by atomic mass is 32.1. The summed E-state index contributed by atoms with van der Waals surface area (Å²) in [7, 11) is 0. The molecule has 0 fully saturated rings. The summed E-state index contributed by atoms with van der Waals surface area (Å²) < 4.78 is 13.8. The van der Waals surface area contributed by atoms with Gasteiger partial charge in [-0.25, -0.2) is 9.97 Å². The van der Waals surface area contributed by atoms with Crippen molar-refractivity contribution in [3.8, 4) is 105 Å². The minimum Gasteiger partial charge on any atom is -0.309 e. The molecular weight excluding hydrogens is 1310 g/mol. The number of fused-ring (bicyclic) bond motifs is 10. The molecule has 20 rings (SSSR count). The number of rotatable bonds is 12. The lowest BCUT2D eigenvalue weighted by molar-refractivity contribution is -0.858. The van der Waals surface area contributed by atoms with Gasteiger partial charge in [0.25, 0.3) is 0 Å². The Morgan fingerprint density at radius 2 is 0.644 bits per heavy atom. The molecule has 13 heteroatoms. The monoisotopic (exact) mass is 1370 g/mol. The van der Waals surface area contributed by atoms with Crippen molar-refractivity contribution in [2.24, 2.45) is 0 Å². The molecule has 0 unspecified atom stereocenters. The molecule has 0 radical (unpaired) electrons. The second kappa shape index (κ2) is 26.5. The third kappa shape index (κ3) is 11.1. The highest BCUT2D eigenvalue weighted by molar-refractivity contribution is 7.24. The van der Waals surface area contributed by atoms with E-state index < -0.39 is 0 Å². The summed E-state index contributed by atoms with van der Waals surface area (Å²) >= 11 is 3.78. The predicted octanol–water partition coefficient (Wildman–Crippen LogP) is 20.9. The zero-order chi connectivity index (χ0) is 68.9. The van der Waals surface area contributed by atoms with Gasteiger partial charge in [-0.1, -0.05) is 202 Å². The smallest absolute Gasteiger partial charge is 0.309 e. The molecule has 0 amide bonds. The first kappa shape index (κ1) is 61.5. The van der Waals surface area contributed by atoms with Gasteiger partial charge in [0.05, 0.1) is 39.1 Å². The molecule has 0 spiro atoms. The molecule has 0 bridgehead atoms. The Balaban J connectivity index is 0.000000143. The first-order chi connectivity index (χ1) is 51.6. The van der Waals surface area contributed by atoms with E-state index in [0.717, 1.165) is 62.0 Å². The normalized spacial score (nSPS) is 11.5. The van der Waals surface area contributed by atoms with Crippen LogP contribution in [-0.4, -0.2) is 39.0 Å². The van der Waals surface area contributed by atoms with Crippen molar-refractivity contribution in [3.05, 3.63) is 366 Å². The maximum absolute atomic E-state index is 5.10. The lowest BCUT2D eigenvalue weighted by Gasteiger charge is -2.12. The number of para-hydroxylation sites is 2. The largest absolute Gasteiger partial charge is 0.428 e. The van der Waals surface area contributed by atoms with Crippen LogP contribution in [0.2, 0.25) is 0 Å². The molecular formula is C91H60N11S2+3. The van der Waals surface area contributed by atoms with Crippen molar-refractivity contribution < 1.29 is 13.7 Å². The number of nitrogens with zero attached hydrogens (tertiary/aromatic N) is 11. The van der Waals surface area contributed by atoms with Crippen LogP contribution in [0.15, 0.2) is 366 Å². The number of aromatic nitrogens is 11. The maximum Gasteiger partial charge on any atom is 0.428 e. The topological polar surface area (TPSA) is 98.8 Å². The number of hydrogen-bond donors (Lipinski definition) is 0. The minimum absolute atomic E-state index is 0.650. The number of thiophene rings is 2. The van der Waals surface area contributed by atoms with Gasteiger partial charge in [0.2, 0.25) is 17.1 Å². The molecule has 488 valence electrons. The molecule has 10 aromatic carbocycles. The summed E-state index contributed by atoms with van der Waals surface area (Å²) in [6.45, 7) is 0. The molecule has 10 aromatic heterocycles. The first-order valence-corrected chi connectivity index (χ1v) is 36.0. The predicted molar refractivity (Wildman–Crippen MR) is 422 cm³/mol. The third-order valence-electron chi connectivity index (χ3n) is 19.3. The van der Waals surface area contributed by atoms with Crippen LogP contribution >= 0.6 is 22.7 Å². The van der Waals surface area contributed by atoms with E-state index in [1.165, 1.54) is 101 Å². The quantitative estimate of drug-likeness (QED) is 0.113. The van der Waals surface area contributed by atoms with Crippen molar-refractivity contribution in [2.75, 3.05) is 0 Å². The van der Waals surface area contributed by atoms with Gasteiger partial charge in [-0.2, -0.15) is 0 Å². The molecule has 0 aliphatic rings. The van der Waals surface area contributed by atoms with Crippen LogP contribution in [-0.2, 0) is 0 Å². The van der Waals surface area contributed by atoms with E-state index >= 15 is 0 Å². The van der Waals surface area contributed by atoms with E-state index in [-0.39, 0.29) is 0 Å². The molecule has 20 aromatic rings. The molecule has 0 atom stereocenters. The summed E-state index contributed by atoms with van der Waals surface area (Å²) in [6.07, 6.45) is 20.7. The van der Waals surface area contributed by atoms with E-state index in [1.54, 1.807) is 24.8 Å². The lowest BCUT2D eigenvalue weighted by atomic mass is 9.98. The van der Waals surface area contributed by atoms with E-state index in [4.69, 9.17) is 9.97 Å². The van der Waals surface area contributed by atoms with Gasteiger partial charge in [0.15, 0.2) is 5.82 Å². The van der Waals surface area contributed by atoms with Crippen molar-refractivity contribution in [1.29, 1.82) is 0 Å². The Bertz CT molecular complexity index is 6050. The van der Waals surface area contributed by atoms with Gasteiger partial charge in [-0.15, -0.1) is 22.7 Å². The van der Waals surface area contributed by atoms with Crippen molar-refractivity contribution in [2.45, 2.75) is 0 Å². The van der Waals surface area contributed by atoms with E-state index in [2.05, 4.69) is 310 Å². The Morgan fingerprint density at radius 3 is 1.12 bits per heavy atom. The van der Waals surface area contributed by atoms with Crippen molar-refractivity contribution in [1.82, 2.24) is 39.0 Å². The van der Waals surface area contributed by atoms with Crippen LogP contribution in [0.3, 0.4) is 0 Å². The Kier molecular flexibility index (Phi) is 15.7. The van der Waals surface area contributed by atoms with Gasteiger partial charge in [0.1, 0.15) is 0 Å². The lowest BCUT2D eigenvalue weighted by Crippen LogP contribution is -2.55. The maximum atomic E-state index is 5.10. The number of benzene rings is 10. The van der Waals surface area contributed by atoms with Gasteiger partial charge < -0.3 is 9.13 Å². The molecule has 10 heterocycles. The first-order valence-electron chi connectivity index (χ1n) is 34.4. The fourth-order valence-electron chi connectivity index (χ4n) is 14.6. The highest BCUT2D eigenvalue weighted by Crippen LogP contribution is 2.51. The van der Waals surface area contributed by atoms with Crippen LogP contribution in [0.25, 0.3) is 169 Å². The Morgan fingerprint density at radius 1 is 0.260 bits per heavy atom. The molecule has 0 N–H and O–H groups in total. The summed E-state index contributed by atoms with van der Waals surface area (Å²) in [5, 5.41) is 7.57. The molecule has 11 nitrogen and oxygen atoms in total. The summed E-state index contributed by atoms with van der Waals surface area (Å²) in [5.41, 5.74) is 22.0.